The van der Waals surface area contributed by atoms with Gasteiger partial charge < -0.3 is 14.9 Å². The van der Waals surface area contributed by atoms with Gasteiger partial charge >= 0.3 is 5.97 Å². The Balaban J connectivity index is 2.96. The van der Waals surface area contributed by atoms with Gasteiger partial charge in [-0.2, -0.15) is 0 Å². The third-order valence-electron chi connectivity index (χ3n) is 1.95. The van der Waals surface area contributed by atoms with Gasteiger partial charge in [0.05, 0.1) is 6.61 Å². The molecule has 0 spiro atoms. The van der Waals surface area contributed by atoms with E-state index in [0.717, 1.165) is 0 Å². The molecule has 0 unspecified atom stereocenters. The van der Waals surface area contributed by atoms with Crippen LogP contribution in [0.25, 0.3) is 0 Å². The zero-order valence-electron chi connectivity index (χ0n) is 10.1. The highest BCUT2D eigenvalue weighted by Crippen LogP contribution is 2.26. The highest BCUT2D eigenvalue weighted by atomic mass is 16.5. The van der Waals surface area contributed by atoms with Crippen LogP contribution in [0.2, 0.25) is 0 Å². The van der Waals surface area contributed by atoms with Crippen molar-refractivity contribution in [2.45, 2.75) is 13.8 Å². The Bertz CT molecular complexity index is 491. The van der Waals surface area contributed by atoms with Gasteiger partial charge in [0.2, 0.25) is 5.70 Å². The van der Waals surface area contributed by atoms with Crippen LogP contribution in [-0.4, -0.2) is 22.8 Å². The maximum Gasteiger partial charge on any atom is 0.362 e. The molecular formula is C12H14N2O4. The third kappa shape index (κ3) is 3.58. The number of carbonyl (C=O) groups is 1. The number of rotatable bonds is 4. The number of aromatic hydroxyl groups is 1. The van der Waals surface area contributed by atoms with Gasteiger partial charge in [-0.1, -0.05) is 12.1 Å². The molecule has 6 heteroatoms. The van der Waals surface area contributed by atoms with Gasteiger partial charge in [-0.25, -0.2) is 4.79 Å². The fourth-order valence-electron chi connectivity index (χ4n) is 1.11. The molecule has 0 atom stereocenters. The SMILES string of the molecule is CCOC(=O)/C(N=Nc1ccccc1O)=C(/C)O. The number of phenolic OH excluding ortho intramolecular Hbond substituents is 1. The third-order valence-corrected chi connectivity index (χ3v) is 1.95. The van der Waals surface area contributed by atoms with Gasteiger partial charge in [0.1, 0.15) is 17.2 Å². The van der Waals surface area contributed by atoms with Crippen molar-refractivity contribution in [2.75, 3.05) is 6.61 Å². The first-order valence-corrected chi connectivity index (χ1v) is 5.33. The molecule has 0 amide bonds. The van der Waals surface area contributed by atoms with E-state index in [1.165, 1.54) is 19.1 Å². The highest BCUT2D eigenvalue weighted by Gasteiger charge is 2.14. The van der Waals surface area contributed by atoms with Gasteiger partial charge in [0.15, 0.2) is 0 Å². The Morgan fingerprint density at radius 2 is 2.06 bits per heavy atom. The first kappa shape index (κ1) is 13.7. The van der Waals surface area contributed by atoms with E-state index < -0.39 is 5.97 Å². The molecule has 0 saturated carbocycles. The molecule has 96 valence electrons. The number of ether oxygens (including phenoxy) is 1. The van der Waals surface area contributed by atoms with Crippen LogP contribution in [0.4, 0.5) is 5.69 Å². The maximum absolute atomic E-state index is 11.4. The van der Waals surface area contributed by atoms with Crippen molar-refractivity contribution < 1.29 is 19.7 Å². The molecular weight excluding hydrogens is 236 g/mol. The second-order valence-electron chi connectivity index (χ2n) is 3.34. The molecule has 0 aromatic heterocycles. The smallest absolute Gasteiger partial charge is 0.362 e. The molecule has 18 heavy (non-hydrogen) atoms. The number of allylic oxidation sites excluding steroid dienone is 1. The summed E-state index contributed by atoms with van der Waals surface area (Å²) in [4.78, 5) is 11.4. The Kier molecular flexibility index (Phi) is 4.86. The number of para-hydroxylation sites is 1. The summed E-state index contributed by atoms with van der Waals surface area (Å²) in [5, 5.41) is 26.1. The Morgan fingerprint density at radius 1 is 1.39 bits per heavy atom. The van der Waals surface area contributed by atoms with Crippen LogP contribution in [0, 0.1) is 0 Å². The molecule has 0 aliphatic heterocycles. The Labute approximate surface area is 104 Å². The van der Waals surface area contributed by atoms with Crippen LogP contribution in [0.15, 0.2) is 46.0 Å². The van der Waals surface area contributed by atoms with Crippen LogP contribution in [0.3, 0.4) is 0 Å². The minimum atomic E-state index is -0.767. The molecule has 0 radical (unpaired) electrons. The number of nitrogens with zero attached hydrogens (tertiary/aromatic N) is 2. The zero-order chi connectivity index (χ0) is 13.5. The molecule has 1 rings (SSSR count). The summed E-state index contributed by atoms with van der Waals surface area (Å²) >= 11 is 0. The zero-order valence-corrected chi connectivity index (χ0v) is 10.1. The summed E-state index contributed by atoms with van der Waals surface area (Å²) < 4.78 is 4.71. The van der Waals surface area contributed by atoms with Gasteiger partial charge in [0, 0.05) is 0 Å². The summed E-state index contributed by atoms with van der Waals surface area (Å²) in [6.45, 7) is 3.11. The quantitative estimate of drug-likeness (QED) is 0.372. The second-order valence-corrected chi connectivity index (χ2v) is 3.34. The van der Waals surface area contributed by atoms with Crippen LogP contribution in [0.5, 0.6) is 5.75 Å². The number of hydrogen-bond donors (Lipinski definition) is 2. The fourth-order valence-corrected chi connectivity index (χ4v) is 1.11. The van der Waals surface area contributed by atoms with E-state index in [1.807, 2.05) is 0 Å². The highest BCUT2D eigenvalue weighted by molar-refractivity contribution is 5.88. The molecule has 1 aromatic carbocycles. The van der Waals surface area contributed by atoms with E-state index in [9.17, 15) is 15.0 Å². The average Bonchev–Trinajstić information content (AvgIpc) is 2.31. The van der Waals surface area contributed by atoms with E-state index in [-0.39, 0.29) is 29.5 Å². The number of esters is 1. The number of aliphatic hydroxyl groups excluding tert-OH is 1. The number of carbonyl (C=O) groups excluding carboxylic acids is 1. The van der Waals surface area contributed by atoms with Gasteiger partial charge in [-0.05, 0) is 26.0 Å². The molecule has 0 heterocycles. The average molecular weight is 250 g/mol. The van der Waals surface area contributed by atoms with Crippen LogP contribution in [-0.2, 0) is 9.53 Å². The molecule has 0 saturated heterocycles. The lowest BCUT2D eigenvalue weighted by molar-refractivity contribution is -0.138. The lowest BCUT2D eigenvalue weighted by atomic mass is 10.3. The Hall–Kier alpha value is -2.37. The minimum absolute atomic E-state index is 0.0694. The van der Waals surface area contributed by atoms with E-state index in [4.69, 9.17) is 4.74 Å². The lowest BCUT2D eigenvalue weighted by Gasteiger charge is -2.02. The standard InChI is InChI=1S/C12H14N2O4/c1-3-18-12(17)11(8(2)15)14-13-9-6-4-5-7-10(9)16/h4-7,15-16H,3H2,1-2H3/b11-8+,14-13?. The molecule has 0 fully saturated rings. The van der Waals surface area contributed by atoms with Gasteiger partial charge in [0.25, 0.3) is 0 Å². The second kappa shape index (κ2) is 6.39. The van der Waals surface area contributed by atoms with Crippen molar-refractivity contribution in [1.29, 1.82) is 0 Å². The predicted octanol–water partition coefficient (Wildman–Crippen LogP) is 2.83. The van der Waals surface area contributed by atoms with E-state index >= 15 is 0 Å². The molecule has 0 bridgehead atoms. The maximum atomic E-state index is 11.4. The number of aliphatic hydroxyl groups is 1. The van der Waals surface area contributed by atoms with E-state index in [0.29, 0.717) is 0 Å². The first-order chi connectivity index (χ1) is 8.56. The topological polar surface area (TPSA) is 91.5 Å². The molecule has 0 aliphatic carbocycles. The summed E-state index contributed by atoms with van der Waals surface area (Å²) in [5.41, 5.74) is -0.0966. The van der Waals surface area contributed by atoms with E-state index in [1.54, 1.807) is 19.1 Å². The Morgan fingerprint density at radius 3 is 2.61 bits per heavy atom. The normalized spacial score (nSPS) is 12.3. The van der Waals surface area contributed by atoms with Crippen LogP contribution < -0.4 is 0 Å². The van der Waals surface area contributed by atoms with Crippen molar-refractivity contribution in [1.82, 2.24) is 0 Å². The number of phenols is 1. The fraction of sp³-hybridized carbons (Fsp3) is 0.250. The summed E-state index contributed by atoms with van der Waals surface area (Å²) in [6.07, 6.45) is 0. The van der Waals surface area contributed by atoms with Gasteiger partial charge in [-0.15, -0.1) is 10.2 Å². The summed E-state index contributed by atoms with van der Waals surface area (Å²) in [5.74, 6) is -1.13. The lowest BCUT2D eigenvalue weighted by Crippen LogP contribution is -2.07. The number of azo groups is 1. The minimum Gasteiger partial charge on any atom is -0.510 e. The predicted molar refractivity (Wildman–Crippen MR) is 64.6 cm³/mol. The van der Waals surface area contributed by atoms with Crippen LogP contribution in [0.1, 0.15) is 13.8 Å². The first-order valence-electron chi connectivity index (χ1n) is 5.33. The monoisotopic (exact) mass is 250 g/mol. The van der Waals surface area contributed by atoms with Crippen molar-refractivity contribution in [2.24, 2.45) is 10.2 Å². The largest absolute Gasteiger partial charge is 0.510 e. The van der Waals surface area contributed by atoms with Gasteiger partial charge in [-0.3, -0.25) is 0 Å². The summed E-state index contributed by atoms with van der Waals surface area (Å²) in [7, 11) is 0. The van der Waals surface area contributed by atoms with Crippen LogP contribution >= 0.6 is 0 Å². The van der Waals surface area contributed by atoms with E-state index in [2.05, 4.69) is 10.2 Å². The number of hydrogen-bond acceptors (Lipinski definition) is 6. The van der Waals surface area contributed by atoms with Crippen molar-refractivity contribution in [3.63, 3.8) is 0 Å². The van der Waals surface area contributed by atoms with Crippen molar-refractivity contribution in [3.05, 3.63) is 35.7 Å². The summed E-state index contributed by atoms with van der Waals surface area (Å²) in [6, 6.07) is 6.25. The molecule has 2 N–H and O–H groups in total. The number of benzene rings is 1. The van der Waals surface area contributed by atoms with Crippen molar-refractivity contribution in [3.8, 4) is 5.75 Å². The molecule has 1 aromatic rings. The van der Waals surface area contributed by atoms with Crippen molar-refractivity contribution >= 4 is 11.7 Å². The molecule has 6 nitrogen and oxygen atoms in total. The molecule has 0 aliphatic rings.